The van der Waals surface area contributed by atoms with Gasteiger partial charge in [0.05, 0.1) is 14.2 Å². The molecule has 4 rings (SSSR count). The highest BCUT2D eigenvalue weighted by Crippen LogP contribution is 2.29. The number of rotatable bonds is 5. The van der Waals surface area contributed by atoms with E-state index in [1.54, 1.807) is 54.6 Å². The molecule has 0 atom stereocenters. The number of hydrogen-bond acceptors (Lipinski definition) is 7. The molecule has 2 amide bonds. The monoisotopic (exact) mass is 483 g/mol. The lowest BCUT2D eigenvalue weighted by atomic mass is 10.2. The van der Waals surface area contributed by atoms with Crippen LogP contribution in [0.25, 0.3) is 22.6 Å². The van der Waals surface area contributed by atoms with E-state index in [0.29, 0.717) is 62.3 Å². The van der Waals surface area contributed by atoms with Crippen molar-refractivity contribution in [3.8, 4) is 23.0 Å². The molecule has 0 aliphatic heterocycles. The lowest BCUT2D eigenvalue weighted by Crippen LogP contribution is -2.24. The van der Waals surface area contributed by atoms with E-state index in [2.05, 4.69) is 15.0 Å². The molecular formula is C23H18ClN3O5S. The number of oxazole rings is 1. The summed E-state index contributed by atoms with van der Waals surface area (Å²) in [5.41, 5.74) is 2.78. The lowest BCUT2D eigenvalue weighted by Gasteiger charge is -2.09. The average Bonchev–Trinajstić information content (AvgIpc) is 3.25. The van der Waals surface area contributed by atoms with E-state index in [-0.39, 0.29) is 5.12 Å². The van der Waals surface area contributed by atoms with Gasteiger partial charge in [0.15, 0.2) is 17.1 Å². The number of anilines is 1. The van der Waals surface area contributed by atoms with Gasteiger partial charge in [0.1, 0.15) is 5.52 Å². The van der Waals surface area contributed by atoms with E-state index in [4.69, 9.17) is 25.5 Å². The summed E-state index contributed by atoms with van der Waals surface area (Å²) in [6, 6.07) is 16.4. The van der Waals surface area contributed by atoms with Crippen molar-refractivity contribution in [2.45, 2.75) is 0 Å². The predicted octanol–water partition coefficient (Wildman–Crippen LogP) is 5.78. The number of amides is 2. The number of nitrogens with one attached hydrogen (secondary N) is 2. The molecule has 0 spiro atoms. The number of nitrogens with zero attached hydrogens (tertiary/aromatic N) is 1. The van der Waals surface area contributed by atoms with Crippen molar-refractivity contribution >= 4 is 51.5 Å². The van der Waals surface area contributed by atoms with Crippen LogP contribution in [0.1, 0.15) is 10.4 Å². The van der Waals surface area contributed by atoms with Gasteiger partial charge in [-0.3, -0.25) is 9.52 Å². The first kappa shape index (κ1) is 22.5. The van der Waals surface area contributed by atoms with Gasteiger partial charge in [-0.05, 0) is 54.6 Å². The Bertz CT molecular complexity index is 1340. The molecule has 1 heterocycles. The molecule has 0 aliphatic rings. The molecule has 2 N–H and O–H groups in total. The Morgan fingerprint density at radius 1 is 1.00 bits per heavy atom. The van der Waals surface area contributed by atoms with E-state index >= 15 is 0 Å². The van der Waals surface area contributed by atoms with Crippen molar-refractivity contribution < 1.29 is 23.5 Å². The van der Waals surface area contributed by atoms with Gasteiger partial charge in [-0.15, -0.1) is 0 Å². The van der Waals surface area contributed by atoms with Crippen LogP contribution in [-0.2, 0) is 0 Å². The third-order valence-electron chi connectivity index (χ3n) is 4.57. The summed E-state index contributed by atoms with van der Waals surface area (Å²) in [6.07, 6.45) is 0. The Morgan fingerprint density at radius 2 is 1.82 bits per heavy atom. The van der Waals surface area contributed by atoms with Gasteiger partial charge in [0, 0.05) is 33.8 Å². The topological polar surface area (TPSA) is 103 Å². The molecule has 0 saturated carbocycles. The normalized spacial score (nSPS) is 10.6. The Morgan fingerprint density at radius 3 is 2.61 bits per heavy atom. The van der Waals surface area contributed by atoms with Crippen LogP contribution in [0.2, 0.25) is 5.02 Å². The summed E-state index contributed by atoms with van der Waals surface area (Å²) in [5, 5.41) is 2.89. The summed E-state index contributed by atoms with van der Waals surface area (Å²) in [6.45, 7) is 0. The quantitative estimate of drug-likeness (QED) is 0.347. The number of benzene rings is 3. The van der Waals surface area contributed by atoms with Gasteiger partial charge in [-0.2, -0.15) is 0 Å². The Balaban J connectivity index is 1.40. The van der Waals surface area contributed by atoms with E-state index < -0.39 is 6.03 Å². The van der Waals surface area contributed by atoms with Gasteiger partial charge in [-0.25, -0.2) is 9.78 Å². The van der Waals surface area contributed by atoms with Crippen molar-refractivity contribution in [2.75, 3.05) is 19.5 Å². The van der Waals surface area contributed by atoms with Crippen LogP contribution in [0, 0.1) is 0 Å². The molecule has 8 nitrogen and oxygen atoms in total. The fourth-order valence-corrected chi connectivity index (χ4v) is 3.67. The molecule has 0 saturated heterocycles. The van der Waals surface area contributed by atoms with E-state index in [1.165, 1.54) is 14.2 Å². The molecule has 3 aromatic carbocycles. The number of carbonyl (C=O) groups excluding carboxylic acids is 2. The number of urea groups is 1. The van der Waals surface area contributed by atoms with Gasteiger partial charge >= 0.3 is 6.03 Å². The third kappa shape index (κ3) is 5.21. The summed E-state index contributed by atoms with van der Waals surface area (Å²) >= 11 is 6.66. The van der Waals surface area contributed by atoms with Gasteiger partial charge in [0.2, 0.25) is 11.0 Å². The molecular weight excluding hydrogens is 466 g/mol. The van der Waals surface area contributed by atoms with Crippen molar-refractivity contribution in [1.29, 1.82) is 0 Å². The smallest absolute Gasteiger partial charge is 0.329 e. The summed E-state index contributed by atoms with van der Waals surface area (Å²) in [7, 11) is 2.99. The minimum Gasteiger partial charge on any atom is -0.493 e. The maximum absolute atomic E-state index is 12.4. The first-order valence-electron chi connectivity index (χ1n) is 9.63. The van der Waals surface area contributed by atoms with Crippen molar-refractivity contribution in [1.82, 2.24) is 9.71 Å². The van der Waals surface area contributed by atoms with Gasteiger partial charge in [-0.1, -0.05) is 17.7 Å². The SMILES string of the molecule is COc1ccc(C(=O)SNC(=O)Nc2cccc(-c3nc4cc(Cl)ccc4o3)c2)cc1OC. The Labute approximate surface area is 198 Å². The van der Waals surface area contributed by atoms with Crippen LogP contribution < -0.4 is 19.5 Å². The van der Waals surface area contributed by atoms with E-state index in [1.807, 2.05) is 6.07 Å². The maximum atomic E-state index is 12.4. The lowest BCUT2D eigenvalue weighted by molar-refractivity contribution is 0.108. The maximum Gasteiger partial charge on any atom is 0.329 e. The number of fused-ring (bicyclic) bond motifs is 1. The molecule has 10 heteroatoms. The first-order valence-corrected chi connectivity index (χ1v) is 10.8. The highest BCUT2D eigenvalue weighted by molar-refractivity contribution is 8.12. The largest absolute Gasteiger partial charge is 0.493 e. The fraction of sp³-hybridized carbons (Fsp3) is 0.0870. The van der Waals surface area contributed by atoms with Crippen LogP contribution in [0.3, 0.4) is 0 Å². The molecule has 0 radical (unpaired) electrons. The summed E-state index contributed by atoms with van der Waals surface area (Å²) < 4.78 is 18.6. The number of carbonyl (C=O) groups is 2. The highest BCUT2D eigenvalue weighted by Gasteiger charge is 2.14. The van der Waals surface area contributed by atoms with Crippen LogP contribution >= 0.6 is 23.5 Å². The zero-order valence-electron chi connectivity index (χ0n) is 17.5. The minimum absolute atomic E-state index is 0.356. The number of halogens is 1. The molecule has 0 aliphatic carbocycles. The average molecular weight is 484 g/mol. The number of methoxy groups -OCH3 is 2. The minimum atomic E-state index is -0.560. The van der Waals surface area contributed by atoms with Crippen molar-refractivity contribution in [2.24, 2.45) is 0 Å². The number of aromatic nitrogens is 1. The van der Waals surface area contributed by atoms with Crippen molar-refractivity contribution in [3.05, 3.63) is 71.2 Å². The van der Waals surface area contributed by atoms with E-state index in [9.17, 15) is 9.59 Å². The van der Waals surface area contributed by atoms with Gasteiger partial charge < -0.3 is 19.2 Å². The molecule has 0 fully saturated rings. The number of hydrogen-bond donors (Lipinski definition) is 2. The fourth-order valence-electron chi connectivity index (χ4n) is 3.03. The molecule has 4 aromatic rings. The summed E-state index contributed by atoms with van der Waals surface area (Å²) in [5.74, 6) is 1.33. The second-order valence-corrected chi connectivity index (χ2v) is 7.94. The molecule has 1 aromatic heterocycles. The zero-order valence-corrected chi connectivity index (χ0v) is 19.1. The van der Waals surface area contributed by atoms with Crippen LogP contribution in [-0.4, -0.2) is 30.3 Å². The van der Waals surface area contributed by atoms with E-state index in [0.717, 1.165) is 0 Å². The Hall–Kier alpha value is -3.69. The molecule has 168 valence electrons. The second kappa shape index (κ2) is 9.85. The highest BCUT2D eigenvalue weighted by atomic mass is 35.5. The predicted molar refractivity (Wildman–Crippen MR) is 128 cm³/mol. The molecule has 0 bridgehead atoms. The second-order valence-electron chi connectivity index (χ2n) is 6.73. The number of ether oxygens (including phenoxy) is 2. The molecule has 33 heavy (non-hydrogen) atoms. The first-order chi connectivity index (χ1) is 16.0. The Kier molecular flexibility index (Phi) is 6.71. The van der Waals surface area contributed by atoms with Crippen molar-refractivity contribution in [3.63, 3.8) is 0 Å². The van der Waals surface area contributed by atoms with Crippen LogP contribution in [0.5, 0.6) is 11.5 Å². The standard InChI is InChI=1S/C23H18ClN3O5S/c1-30-19-8-6-14(11-20(19)31-2)22(28)33-27-23(29)25-16-5-3-4-13(10-16)21-26-17-12-15(24)7-9-18(17)32-21/h3-12H,1-2H3,(H2,25,27,29). The summed E-state index contributed by atoms with van der Waals surface area (Å²) in [4.78, 5) is 29.2. The molecule has 0 unspecified atom stereocenters. The zero-order chi connectivity index (χ0) is 23.4. The third-order valence-corrected chi connectivity index (χ3v) is 5.52. The van der Waals surface area contributed by atoms with Crippen LogP contribution in [0.4, 0.5) is 10.5 Å². The van der Waals surface area contributed by atoms with Crippen LogP contribution in [0.15, 0.2) is 65.1 Å². The van der Waals surface area contributed by atoms with Gasteiger partial charge in [0.25, 0.3) is 0 Å².